The molecule has 0 spiro atoms. The van der Waals surface area contributed by atoms with Crippen LogP contribution in [-0.2, 0) is 16.4 Å². The van der Waals surface area contributed by atoms with Crippen molar-refractivity contribution in [3.63, 3.8) is 0 Å². The number of aryl methyl sites for hydroxylation is 1. The maximum absolute atomic E-state index is 12.1. The van der Waals surface area contributed by atoms with E-state index in [9.17, 15) is 8.42 Å². The first-order valence-electron chi connectivity index (χ1n) is 5.54. The summed E-state index contributed by atoms with van der Waals surface area (Å²) >= 11 is 1.62. The summed E-state index contributed by atoms with van der Waals surface area (Å²) in [5, 5.41) is 8.34. The van der Waals surface area contributed by atoms with Crippen LogP contribution in [0.2, 0.25) is 0 Å². The Kier molecular flexibility index (Phi) is 3.84. The molecule has 98 valence electrons. The first kappa shape index (κ1) is 13.3. The summed E-state index contributed by atoms with van der Waals surface area (Å²) in [4.78, 5) is 1.37. The molecule has 7 heteroatoms. The summed E-state index contributed by atoms with van der Waals surface area (Å²) in [6.07, 6.45) is 2.02. The summed E-state index contributed by atoms with van der Waals surface area (Å²) in [6.45, 7) is 3.54. The molecule has 2 aromatic rings. The summed E-state index contributed by atoms with van der Waals surface area (Å²) in [6, 6.07) is 3.81. The Hall–Kier alpha value is -1.18. The van der Waals surface area contributed by atoms with Gasteiger partial charge in [-0.05, 0) is 31.7 Å². The van der Waals surface area contributed by atoms with Crippen LogP contribution in [0, 0.1) is 6.92 Å². The van der Waals surface area contributed by atoms with Gasteiger partial charge in [0.05, 0.1) is 11.9 Å². The zero-order chi connectivity index (χ0) is 13.2. The monoisotopic (exact) mass is 285 g/mol. The second-order valence-electron chi connectivity index (χ2n) is 4.17. The Morgan fingerprint density at radius 3 is 2.89 bits per heavy atom. The van der Waals surface area contributed by atoms with E-state index in [-0.39, 0.29) is 10.9 Å². The predicted octanol–water partition coefficient (Wildman–Crippen LogP) is 1.69. The van der Waals surface area contributed by atoms with Crippen LogP contribution in [0.5, 0.6) is 0 Å². The van der Waals surface area contributed by atoms with Gasteiger partial charge in [-0.25, -0.2) is 13.1 Å². The minimum absolute atomic E-state index is 0.150. The lowest BCUT2D eigenvalue weighted by molar-refractivity contribution is 0.560. The molecule has 2 rings (SSSR count). The molecule has 5 nitrogen and oxygen atoms in total. The minimum atomic E-state index is -3.49. The molecule has 2 heterocycles. The van der Waals surface area contributed by atoms with Crippen LogP contribution in [0.25, 0.3) is 0 Å². The summed E-state index contributed by atoms with van der Waals surface area (Å²) < 4.78 is 26.8. The second kappa shape index (κ2) is 5.21. The Morgan fingerprint density at radius 2 is 2.33 bits per heavy atom. The Bertz CT molecular complexity index is 602. The highest BCUT2D eigenvalue weighted by atomic mass is 32.2. The molecule has 0 amide bonds. The molecule has 2 N–H and O–H groups in total. The molecule has 0 fully saturated rings. The van der Waals surface area contributed by atoms with Gasteiger partial charge >= 0.3 is 0 Å². The predicted molar refractivity (Wildman–Crippen MR) is 71.1 cm³/mol. The van der Waals surface area contributed by atoms with Crippen molar-refractivity contribution in [3.8, 4) is 0 Å². The fraction of sp³-hybridized carbons (Fsp3) is 0.364. The number of rotatable bonds is 5. The van der Waals surface area contributed by atoms with Gasteiger partial charge in [0.2, 0.25) is 10.0 Å². The van der Waals surface area contributed by atoms with Crippen molar-refractivity contribution in [1.82, 2.24) is 14.9 Å². The van der Waals surface area contributed by atoms with Crippen LogP contribution in [0.15, 0.2) is 28.6 Å². The zero-order valence-corrected chi connectivity index (χ0v) is 11.8. The quantitative estimate of drug-likeness (QED) is 0.878. The van der Waals surface area contributed by atoms with E-state index in [1.807, 2.05) is 24.4 Å². The van der Waals surface area contributed by atoms with Crippen LogP contribution in [0.3, 0.4) is 0 Å². The maximum atomic E-state index is 12.1. The van der Waals surface area contributed by atoms with Crippen LogP contribution < -0.4 is 4.72 Å². The Balaban J connectivity index is 2.07. The van der Waals surface area contributed by atoms with Crippen molar-refractivity contribution in [2.75, 3.05) is 0 Å². The van der Waals surface area contributed by atoms with E-state index in [0.29, 0.717) is 12.1 Å². The largest absolute Gasteiger partial charge is 0.281 e. The molecular weight excluding hydrogens is 270 g/mol. The minimum Gasteiger partial charge on any atom is -0.281 e. The third-order valence-corrected chi connectivity index (χ3v) is 5.12. The van der Waals surface area contributed by atoms with Crippen molar-refractivity contribution in [3.05, 3.63) is 34.3 Å². The van der Waals surface area contributed by atoms with E-state index in [0.717, 1.165) is 4.88 Å². The van der Waals surface area contributed by atoms with Gasteiger partial charge in [-0.1, -0.05) is 6.07 Å². The smallest absolute Gasteiger partial charge is 0.244 e. The van der Waals surface area contributed by atoms with E-state index < -0.39 is 10.0 Å². The molecule has 0 aliphatic carbocycles. The van der Waals surface area contributed by atoms with Crippen LogP contribution in [-0.4, -0.2) is 24.7 Å². The average molecular weight is 285 g/mol. The molecule has 0 aromatic carbocycles. The van der Waals surface area contributed by atoms with E-state index >= 15 is 0 Å². The normalized spacial score (nSPS) is 13.7. The Morgan fingerprint density at radius 1 is 1.56 bits per heavy atom. The number of H-pyrrole nitrogens is 1. The number of hydrogen-bond donors (Lipinski definition) is 2. The number of sulfonamides is 1. The molecule has 0 saturated heterocycles. The number of aromatic nitrogens is 2. The third-order valence-electron chi connectivity index (χ3n) is 2.52. The number of hydrogen-bond acceptors (Lipinski definition) is 4. The molecular formula is C11H15N3O2S2. The number of thiophene rings is 1. The van der Waals surface area contributed by atoms with Crippen molar-refractivity contribution < 1.29 is 8.42 Å². The van der Waals surface area contributed by atoms with Crippen molar-refractivity contribution in [2.24, 2.45) is 0 Å². The van der Waals surface area contributed by atoms with Gasteiger partial charge in [0.15, 0.2) is 0 Å². The lowest BCUT2D eigenvalue weighted by Gasteiger charge is -2.12. The van der Waals surface area contributed by atoms with Gasteiger partial charge in [0.25, 0.3) is 0 Å². The fourth-order valence-electron chi connectivity index (χ4n) is 1.71. The summed E-state index contributed by atoms with van der Waals surface area (Å²) in [7, 11) is -3.49. The van der Waals surface area contributed by atoms with E-state index in [2.05, 4.69) is 14.9 Å². The molecule has 0 radical (unpaired) electrons. The topological polar surface area (TPSA) is 74.8 Å². The first-order chi connectivity index (χ1) is 8.49. The SMILES string of the molecule is Cc1[nH]ncc1S(=O)(=O)NC(C)Cc1cccs1. The van der Waals surface area contributed by atoms with Crippen LogP contribution in [0.4, 0.5) is 0 Å². The van der Waals surface area contributed by atoms with E-state index in [1.54, 1.807) is 18.3 Å². The molecule has 1 unspecified atom stereocenters. The molecule has 18 heavy (non-hydrogen) atoms. The fourth-order valence-corrected chi connectivity index (χ4v) is 3.93. The number of nitrogens with zero attached hydrogens (tertiary/aromatic N) is 1. The average Bonchev–Trinajstić information content (AvgIpc) is 2.88. The lowest BCUT2D eigenvalue weighted by Crippen LogP contribution is -2.34. The molecule has 0 saturated carbocycles. The van der Waals surface area contributed by atoms with Gasteiger partial charge in [-0.2, -0.15) is 5.10 Å². The second-order valence-corrected chi connectivity index (χ2v) is 6.88. The summed E-state index contributed by atoms with van der Waals surface area (Å²) in [5.41, 5.74) is 0.547. The van der Waals surface area contributed by atoms with E-state index in [1.165, 1.54) is 6.20 Å². The summed E-state index contributed by atoms with van der Waals surface area (Å²) in [5.74, 6) is 0. The third kappa shape index (κ3) is 2.98. The molecule has 0 aliphatic heterocycles. The maximum Gasteiger partial charge on any atom is 0.244 e. The van der Waals surface area contributed by atoms with Gasteiger partial charge in [-0.3, -0.25) is 5.10 Å². The van der Waals surface area contributed by atoms with Gasteiger partial charge in [0.1, 0.15) is 4.90 Å². The lowest BCUT2D eigenvalue weighted by atomic mass is 10.2. The first-order valence-corrected chi connectivity index (χ1v) is 7.90. The Labute approximate surface area is 110 Å². The highest BCUT2D eigenvalue weighted by Crippen LogP contribution is 2.14. The molecule has 0 aliphatic rings. The highest BCUT2D eigenvalue weighted by Gasteiger charge is 2.21. The van der Waals surface area contributed by atoms with Crippen molar-refractivity contribution in [1.29, 1.82) is 0 Å². The number of nitrogens with one attached hydrogen (secondary N) is 2. The van der Waals surface area contributed by atoms with Crippen molar-refractivity contribution in [2.45, 2.75) is 31.2 Å². The molecule has 0 bridgehead atoms. The standard InChI is InChI=1S/C11H15N3O2S2/c1-8(6-10-4-3-5-17-10)14-18(15,16)11-7-12-13-9(11)2/h3-5,7-8,14H,6H2,1-2H3,(H,12,13). The highest BCUT2D eigenvalue weighted by molar-refractivity contribution is 7.89. The molecule has 2 aromatic heterocycles. The zero-order valence-electron chi connectivity index (χ0n) is 10.2. The number of aromatic amines is 1. The van der Waals surface area contributed by atoms with E-state index in [4.69, 9.17) is 0 Å². The van der Waals surface area contributed by atoms with Crippen LogP contribution in [0.1, 0.15) is 17.5 Å². The van der Waals surface area contributed by atoms with Gasteiger partial charge in [-0.15, -0.1) is 11.3 Å². The van der Waals surface area contributed by atoms with Gasteiger partial charge in [0, 0.05) is 10.9 Å². The van der Waals surface area contributed by atoms with Gasteiger partial charge < -0.3 is 0 Å². The molecule has 1 atom stereocenters. The van der Waals surface area contributed by atoms with Crippen LogP contribution >= 0.6 is 11.3 Å². The van der Waals surface area contributed by atoms with Crippen molar-refractivity contribution >= 4 is 21.4 Å².